The van der Waals surface area contributed by atoms with Crippen LogP contribution in [0.3, 0.4) is 0 Å². The molecule has 0 saturated heterocycles. The standard InChI is InChI=1S/C11H8BrF3O3/c1-18-9-3-6(5-16)2-7(8(17)4-12)10(9)11(13,14)15/h2-3,5H,4H2,1H3. The van der Waals surface area contributed by atoms with Gasteiger partial charge in [0.2, 0.25) is 0 Å². The summed E-state index contributed by atoms with van der Waals surface area (Å²) in [6.07, 6.45) is -4.38. The van der Waals surface area contributed by atoms with Gasteiger partial charge in [0.15, 0.2) is 5.78 Å². The lowest BCUT2D eigenvalue weighted by Gasteiger charge is -2.16. The molecule has 0 aliphatic rings. The van der Waals surface area contributed by atoms with E-state index in [2.05, 4.69) is 20.7 Å². The summed E-state index contributed by atoms with van der Waals surface area (Å²) < 4.78 is 43.3. The normalized spacial score (nSPS) is 11.2. The fourth-order valence-electron chi connectivity index (χ4n) is 1.45. The second kappa shape index (κ2) is 5.51. The number of methoxy groups -OCH3 is 1. The molecule has 98 valence electrons. The Hall–Kier alpha value is -1.37. The van der Waals surface area contributed by atoms with E-state index in [1.807, 2.05) is 0 Å². The van der Waals surface area contributed by atoms with Crippen molar-refractivity contribution in [3.05, 3.63) is 28.8 Å². The van der Waals surface area contributed by atoms with Gasteiger partial charge in [-0.05, 0) is 12.1 Å². The molecule has 0 aromatic heterocycles. The van der Waals surface area contributed by atoms with E-state index in [9.17, 15) is 22.8 Å². The summed E-state index contributed by atoms with van der Waals surface area (Å²) >= 11 is 2.80. The molecule has 0 bridgehead atoms. The first-order valence-corrected chi connectivity index (χ1v) is 5.80. The molecule has 7 heteroatoms. The third-order valence-electron chi connectivity index (χ3n) is 2.19. The largest absolute Gasteiger partial charge is 0.496 e. The predicted molar refractivity (Wildman–Crippen MR) is 61.5 cm³/mol. The van der Waals surface area contributed by atoms with Gasteiger partial charge in [-0.25, -0.2) is 0 Å². The summed E-state index contributed by atoms with van der Waals surface area (Å²) in [4.78, 5) is 22.1. The Morgan fingerprint density at radius 2 is 2.06 bits per heavy atom. The van der Waals surface area contributed by atoms with Crippen LogP contribution >= 0.6 is 15.9 Å². The molecule has 1 aromatic rings. The third-order valence-corrected chi connectivity index (χ3v) is 2.70. The molecular formula is C11H8BrF3O3. The number of aldehydes is 1. The number of Topliss-reactive ketones (excluding diaryl/α,β-unsaturated/α-hetero) is 1. The van der Waals surface area contributed by atoms with Crippen molar-refractivity contribution in [1.29, 1.82) is 0 Å². The van der Waals surface area contributed by atoms with E-state index in [0.29, 0.717) is 6.29 Å². The van der Waals surface area contributed by atoms with E-state index < -0.39 is 28.8 Å². The highest BCUT2D eigenvalue weighted by Gasteiger charge is 2.39. The number of halogens is 4. The van der Waals surface area contributed by atoms with Crippen molar-refractivity contribution >= 4 is 28.0 Å². The maximum Gasteiger partial charge on any atom is 0.420 e. The molecule has 0 aliphatic carbocycles. The number of carbonyl (C=O) groups excluding carboxylic acids is 2. The number of benzene rings is 1. The van der Waals surface area contributed by atoms with Crippen LogP contribution in [0.5, 0.6) is 5.75 Å². The van der Waals surface area contributed by atoms with Crippen LogP contribution in [0.1, 0.15) is 26.3 Å². The highest BCUT2D eigenvalue weighted by atomic mass is 79.9. The van der Waals surface area contributed by atoms with Crippen LogP contribution in [0.4, 0.5) is 13.2 Å². The van der Waals surface area contributed by atoms with Crippen molar-refractivity contribution < 1.29 is 27.5 Å². The zero-order valence-electron chi connectivity index (χ0n) is 9.18. The molecular weight excluding hydrogens is 317 g/mol. The summed E-state index contributed by atoms with van der Waals surface area (Å²) in [5, 5.41) is -0.276. The molecule has 0 atom stereocenters. The summed E-state index contributed by atoms with van der Waals surface area (Å²) in [6, 6.07) is 1.85. The molecule has 0 spiro atoms. The first-order valence-electron chi connectivity index (χ1n) is 4.68. The number of rotatable bonds is 4. The van der Waals surface area contributed by atoms with Crippen LogP contribution in [0, 0.1) is 0 Å². The Kier molecular flexibility index (Phi) is 4.50. The smallest absolute Gasteiger partial charge is 0.420 e. The number of hydrogen-bond acceptors (Lipinski definition) is 3. The number of alkyl halides is 4. The molecule has 18 heavy (non-hydrogen) atoms. The maximum absolute atomic E-state index is 12.9. The molecule has 0 aliphatic heterocycles. The zero-order chi connectivity index (χ0) is 13.9. The number of ether oxygens (including phenoxy) is 1. The van der Waals surface area contributed by atoms with Gasteiger partial charge in [0.25, 0.3) is 0 Å². The van der Waals surface area contributed by atoms with Gasteiger partial charge in [-0.15, -0.1) is 0 Å². The zero-order valence-corrected chi connectivity index (χ0v) is 10.8. The quantitative estimate of drug-likeness (QED) is 0.485. The first-order chi connectivity index (χ1) is 8.35. The Morgan fingerprint density at radius 3 is 2.44 bits per heavy atom. The minimum Gasteiger partial charge on any atom is -0.496 e. The monoisotopic (exact) mass is 324 g/mol. The topological polar surface area (TPSA) is 43.4 Å². The van der Waals surface area contributed by atoms with Crippen molar-refractivity contribution in [1.82, 2.24) is 0 Å². The van der Waals surface area contributed by atoms with E-state index in [-0.39, 0.29) is 10.9 Å². The summed E-state index contributed by atoms with van der Waals surface area (Å²) in [5.41, 5.74) is -1.80. The predicted octanol–water partition coefficient (Wildman–Crippen LogP) is 3.10. The highest BCUT2D eigenvalue weighted by molar-refractivity contribution is 9.09. The molecule has 1 rings (SSSR count). The van der Waals surface area contributed by atoms with Crippen molar-refractivity contribution in [2.75, 3.05) is 12.4 Å². The molecule has 0 fully saturated rings. The summed E-state index contributed by atoms with van der Waals surface area (Å²) in [6.45, 7) is 0. The molecule has 0 unspecified atom stereocenters. The van der Waals surface area contributed by atoms with Gasteiger partial charge in [0, 0.05) is 11.1 Å². The van der Waals surface area contributed by atoms with Gasteiger partial charge in [-0.1, -0.05) is 15.9 Å². The van der Waals surface area contributed by atoms with Crippen molar-refractivity contribution in [3.8, 4) is 5.75 Å². The lowest BCUT2D eigenvalue weighted by molar-refractivity contribution is -0.139. The van der Waals surface area contributed by atoms with E-state index in [0.717, 1.165) is 19.2 Å². The van der Waals surface area contributed by atoms with Crippen LogP contribution in [-0.2, 0) is 6.18 Å². The second-order valence-electron chi connectivity index (χ2n) is 3.32. The van der Waals surface area contributed by atoms with E-state index in [1.165, 1.54) is 0 Å². The Morgan fingerprint density at radius 1 is 1.44 bits per heavy atom. The lowest BCUT2D eigenvalue weighted by Crippen LogP contribution is -2.16. The Balaban J connectivity index is 3.62. The molecule has 0 amide bonds. The first kappa shape index (κ1) is 14.7. The number of hydrogen-bond donors (Lipinski definition) is 0. The van der Waals surface area contributed by atoms with Gasteiger partial charge in [-0.3, -0.25) is 9.59 Å². The van der Waals surface area contributed by atoms with Crippen molar-refractivity contribution in [3.63, 3.8) is 0 Å². The van der Waals surface area contributed by atoms with Gasteiger partial charge < -0.3 is 4.74 Å². The summed E-state index contributed by atoms with van der Waals surface area (Å²) in [7, 11) is 1.04. The molecule has 0 saturated carbocycles. The second-order valence-corrected chi connectivity index (χ2v) is 3.88. The van der Waals surface area contributed by atoms with Crippen molar-refractivity contribution in [2.24, 2.45) is 0 Å². The third kappa shape index (κ3) is 2.90. The fourth-order valence-corrected chi connectivity index (χ4v) is 1.75. The van der Waals surface area contributed by atoms with E-state index >= 15 is 0 Å². The van der Waals surface area contributed by atoms with Gasteiger partial charge >= 0.3 is 6.18 Å². The average molecular weight is 325 g/mol. The van der Waals surface area contributed by atoms with Crippen LogP contribution in [0.2, 0.25) is 0 Å². The van der Waals surface area contributed by atoms with Gasteiger partial charge in [-0.2, -0.15) is 13.2 Å². The molecule has 0 N–H and O–H groups in total. The van der Waals surface area contributed by atoms with Crippen molar-refractivity contribution in [2.45, 2.75) is 6.18 Å². The molecule has 1 aromatic carbocycles. The summed E-state index contributed by atoms with van der Waals surface area (Å²) in [5.74, 6) is -1.32. The number of ketones is 1. The number of carbonyl (C=O) groups is 2. The lowest BCUT2D eigenvalue weighted by atomic mass is 9.99. The fraction of sp³-hybridized carbons (Fsp3) is 0.273. The van der Waals surface area contributed by atoms with Crippen LogP contribution < -0.4 is 4.74 Å². The van der Waals surface area contributed by atoms with Gasteiger partial charge in [0.1, 0.15) is 17.6 Å². The minimum atomic E-state index is -4.74. The van der Waals surface area contributed by atoms with Crippen LogP contribution in [0.15, 0.2) is 12.1 Å². The Labute approximate surface area is 109 Å². The van der Waals surface area contributed by atoms with Gasteiger partial charge in [0.05, 0.1) is 12.4 Å². The maximum atomic E-state index is 12.9. The Bertz CT molecular complexity index is 483. The van der Waals surface area contributed by atoms with E-state index in [4.69, 9.17) is 0 Å². The van der Waals surface area contributed by atoms with Crippen LogP contribution in [-0.4, -0.2) is 24.5 Å². The average Bonchev–Trinajstić information content (AvgIpc) is 2.34. The van der Waals surface area contributed by atoms with E-state index in [1.54, 1.807) is 0 Å². The SMILES string of the molecule is COc1cc(C=O)cc(C(=O)CBr)c1C(F)(F)F. The molecule has 3 nitrogen and oxygen atoms in total. The van der Waals surface area contributed by atoms with Crippen LogP contribution in [0.25, 0.3) is 0 Å². The minimum absolute atomic E-state index is 0.0517. The highest BCUT2D eigenvalue weighted by Crippen LogP contribution is 2.39. The molecule has 0 radical (unpaired) electrons. The molecule has 0 heterocycles.